The van der Waals surface area contributed by atoms with Gasteiger partial charge in [0.2, 0.25) is 5.91 Å². The van der Waals surface area contributed by atoms with Crippen molar-refractivity contribution in [2.24, 2.45) is 5.41 Å². The van der Waals surface area contributed by atoms with Crippen LogP contribution >= 0.6 is 22.7 Å². The topological polar surface area (TPSA) is 84.0 Å². The van der Waals surface area contributed by atoms with Crippen molar-refractivity contribution >= 4 is 39.5 Å². The molecule has 0 bridgehead atoms. The van der Waals surface area contributed by atoms with Crippen LogP contribution in [0.5, 0.6) is 0 Å². The summed E-state index contributed by atoms with van der Waals surface area (Å²) in [7, 11) is 0. The van der Waals surface area contributed by atoms with Gasteiger partial charge in [-0.1, -0.05) is 20.8 Å². The third-order valence-corrected chi connectivity index (χ3v) is 6.42. The molecule has 0 radical (unpaired) electrons. The zero-order valence-corrected chi connectivity index (χ0v) is 18.7. The summed E-state index contributed by atoms with van der Waals surface area (Å²) in [4.78, 5) is 34.3. The summed E-state index contributed by atoms with van der Waals surface area (Å²) < 4.78 is 0. The van der Waals surface area contributed by atoms with Crippen molar-refractivity contribution < 1.29 is 9.59 Å². The van der Waals surface area contributed by atoms with Crippen LogP contribution in [0.4, 0.5) is 5.00 Å². The van der Waals surface area contributed by atoms with Crippen molar-refractivity contribution in [2.75, 3.05) is 5.32 Å². The Bertz CT molecular complexity index is 1020. The SMILES string of the molecule is Cc1cc(NC(=O)C(C)(C)C)sc1C(=O)NC(C)c1nc(-c2cccnc2)cs1. The van der Waals surface area contributed by atoms with E-state index < -0.39 is 5.41 Å². The Morgan fingerprint density at radius 2 is 2.00 bits per heavy atom. The number of amides is 2. The molecule has 3 aromatic heterocycles. The lowest BCUT2D eigenvalue weighted by molar-refractivity contribution is -0.123. The second kappa shape index (κ2) is 8.42. The fraction of sp³-hybridized carbons (Fsp3) is 0.333. The Morgan fingerprint density at radius 3 is 2.66 bits per heavy atom. The van der Waals surface area contributed by atoms with Gasteiger partial charge in [-0.05, 0) is 37.6 Å². The highest BCUT2D eigenvalue weighted by Gasteiger charge is 2.23. The molecule has 1 unspecified atom stereocenters. The van der Waals surface area contributed by atoms with Crippen molar-refractivity contribution in [1.29, 1.82) is 0 Å². The summed E-state index contributed by atoms with van der Waals surface area (Å²) in [5, 5.41) is 9.36. The first-order chi connectivity index (χ1) is 13.6. The maximum Gasteiger partial charge on any atom is 0.262 e. The number of thiazole rings is 1. The van der Waals surface area contributed by atoms with Gasteiger partial charge in [-0.15, -0.1) is 22.7 Å². The Hall–Kier alpha value is -2.58. The number of hydrogen-bond acceptors (Lipinski definition) is 6. The van der Waals surface area contributed by atoms with Gasteiger partial charge < -0.3 is 10.6 Å². The first-order valence-corrected chi connectivity index (χ1v) is 10.9. The van der Waals surface area contributed by atoms with Crippen LogP contribution in [0.3, 0.4) is 0 Å². The van der Waals surface area contributed by atoms with E-state index in [0.717, 1.165) is 21.8 Å². The molecule has 0 aliphatic heterocycles. The lowest BCUT2D eigenvalue weighted by Gasteiger charge is -2.16. The van der Waals surface area contributed by atoms with Gasteiger partial charge >= 0.3 is 0 Å². The molecule has 29 heavy (non-hydrogen) atoms. The minimum Gasteiger partial charge on any atom is -0.342 e. The normalized spacial score (nSPS) is 12.4. The average Bonchev–Trinajstić information content (AvgIpc) is 3.28. The monoisotopic (exact) mass is 428 g/mol. The molecular weight excluding hydrogens is 404 g/mol. The summed E-state index contributed by atoms with van der Waals surface area (Å²) in [5.41, 5.74) is 2.13. The fourth-order valence-electron chi connectivity index (χ4n) is 2.53. The summed E-state index contributed by atoms with van der Waals surface area (Å²) in [5.74, 6) is -0.251. The van der Waals surface area contributed by atoms with Crippen LogP contribution in [0.1, 0.15) is 54.0 Å². The molecular formula is C21H24N4O2S2. The van der Waals surface area contributed by atoms with Crippen molar-refractivity contribution in [3.05, 3.63) is 51.4 Å². The van der Waals surface area contributed by atoms with E-state index in [9.17, 15) is 9.59 Å². The van der Waals surface area contributed by atoms with E-state index in [0.29, 0.717) is 9.88 Å². The van der Waals surface area contributed by atoms with Crippen LogP contribution in [-0.4, -0.2) is 21.8 Å². The van der Waals surface area contributed by atoms with E-state index in [2.05, 4.69) is 20.6 Å². The predicted molar refractivity (Wildman–Crippen MR) is 118 cm³/mol. The molecule has 0 aliphatic carbocycles. The minimum atomic E-state index is -0.494. The van der Waals surface area contributed by atoms with Crippen LogP contribution in [0.15, 0.2) is 36.0 Å². The number of nitrogens with one attached hydrogen (secondary N) is 2. The third kappa shape index (κ3) is 5.07. The molecule has 152 valence electrons. The largest absolute Gasteiger partial charge is 0.342 e. The number of rotatable bonds is 5. The number of carbonyl (C=O) groups excluding carboxylic acids is 2. The van der Waals surface area contributed by atoms with Crippen molar-refractivity contribution in [3.8, 4) is 11.3 Å². The standard InChI is InChI=1S/C21H24N4O2S2/c1-12-9-16(25-20(27)21(3,4)5)29-17(12)18(26)23-13(2)19-24-15(11-28-19)14-7-6-8-22-10-14/h6-11,13H,1-5H3,(H,23,26)(H,25,27). The van der Waals surface area contributed by atoms with E-state index in [1.54, 1.807) is 12.4 Å². The van der Waals surface area contributed by atoms with E-state index in [4.69, 9.17) is 0 Å². The number of hydrogen-bond donors (Lipinski definition) is 2. The van der Waals surface area contributed by atoms with Gasteiger partial charge in [-0.25, -0.2) is 4.98 Å². The Labute approximate surface area is 178 Å². The van der Waals surface area contributed by atoms with Crippen LogP contribution in [0.2, 0.25) is 0 Å². The number of aromatic nitrogens is 2. The third-order valence-electron chi connectivity index (χ3n) is 4.24. The molecule has 0 aromatic carbocycles. The highest BCUT2D eigenvalue weighted by molar-refractivity contribution is 7.18. The van der Waals surface area contributed by atoms with E-state index in [-0.39, 0.29) is 17.9 Å². The number of carbonyl (C=O) groups is 2. The smallest absolute Gasteiger partial charge is 0.262 e. The molecule has 0 aliphatic rings. The zero-order chi connectivity index (χ0) is 21.2. The molecule has 2 N–H and O–H groups in total. The van der Waals surface area contributed by atoms with E-state index in [1.165, 1.54) is 22.7 Å². The average molecular weight is 429 g/mol. The lowest BCUT2D eigenvalue weighted by atomic mass is 9.96. The molecule has 2 amide bonds. The fourth-order valence-corrected chi connectivity index (χ4v) is 4.33. The highest BCUT2D eigenvalue weighted by atomic mass is 32.1. The number of nitrogens with zero attached hydrogens (tertiary/aromatic N) is 2. The van der Waals surface area contributed by atoms with Gasteiger partial charge in [0.1, 0.15) is 5.01 Å². The molecule has 0 saturated carbocycles. The maximum absolute atomic E-state index is 12.8. The summed E-state index contributed by atoms with van der Waals surface area (Å²) in [6, 6.07) is 5.43. The van der Waals surface area contributed by atoms with Crippen molar-refractivity contribution in [2.45, 2.75) is 40.7 Å². The van der Waals surface area contributed by atoms with Gasteiger partial charge in [0.25, 0.3) is 5.91 Å². The molecule has 3 rings (SSSR count). The van der Waals surface area contributed by atoms with Crippen LogP contribution in [0.25, 0.3) is 11.3 Å². The lowest BCUT2D eigenvalue weighted by Crippen LogP contribution is -2.27. The number of pyridine rings is 1. The summed E-state index contributed by atoms with van der Waals surface area (Å²) in [6.45, 7) is 9.34. The van der Waals surface area contributed by atoms with Gasteiger partial charge in [0.05, 0.1) is 21.6 Å². The van der Waals surface area contributed by atoms with Gasteiger partial charge in [0, 0.05) is 28.8 Å². The van der Waals surface area contributed by atoms with Gasteiger partial charge in [0.15, 0.2) is 0 Å². The number of anilines is 1. The van der Waals surface area contributed by atoms with Crippen LogP contribution in [-0.2, 0) is 4.79 Å². The molecule has 6 nitrogen and oxygen atoms in total. The number of aryl methyl sites for hydroxylation is 1. The van der Waals surface area contributed by atoms with Crippen molar-refractivity contribution in [3.63, 3.8) is 0 Å². The molecule has 0 fully saturated rings. The van der Waals surface area contributed by atoms with Crippen LogP contribution < -0.4 is 10.6 Å². The minimum absolute atomic E-state index is 0.0789. The quantitative estimate of drug-likeness (QED) is 0.595. The molecule has 8 heteroatoms. The Kier molecular flexibility index (Phi) is 6.14. The molecule has 0 spiro atoms. The maximum atomic E-state index is 12.8. The van der Waals surface area contributed by atoms with Gasteiger partial charge in [-0.2, -0.15) is 0 Å². The molecule has 3 aromatic rings. The zero-order valence-electron chi connectivity index (χ0n) is 17.1. The van der Waals surface area contributed by atoms with E-state index in [1.807, 2.05) is 58.2 Å². The highest BCUT2D eigenvalue weighted by Crippen LogP contribution is 2.30. The molecule has 1 atom stereocenters. The first-order valence-electron chi connectivity index (χ1n) is 9.23. The summed E-state index contributed by atoms with van der Waals surface area (Å²) in [6.07, 6.45) is 3.49. The van der Waals surface area contributed by atoms with Crippen LogP contribution in [0, 0.1) is 12.3 Å². The number of thiophene rings is 1. The molecule has 0 saturated heterocycles. The second-order valence-electron chi connectivity index (χ2n) is 7.83. The van der Waals surface area contributed by atoms with Gasteiger partial charge in [-0.3, -0.25) is 14.6 Å². The predicted octanol–water partition coefficient (Wildman–Crippen LogP) is 5.05. The first kappa shape index (κ1) is 21.1. The Morgan fingerprint density at radius 1 is 1.24 bits per heavy atom. The molecule has 3 heterocycles. The van der Waals surface area contributed by atoms with Crippen molar-refractivity contribution in [1.82, 2.24) is 15.3 Å². The van der Waals surface area contributed by atoms with E-state index >= 15 is 0 Å². The second-order valence-corrected chi connectivity index (χ2v) is 9.78. The summed E-state index contributed by atoms with van der Waals surface area (Å²) >= 11 is 2.79. The Balaban J connectivity index is 1.69.